The van der Waals surface area contributed by atoms with E-state index in [1.165, 1.54) is 57.8 Å². The van der Waals surface area contributed by atoms with Crippen molar-refractivity contribution in [1.82, 2.24) is 0 Å². The lowest BCUT2D eigenvalue weighted by Gasteiger charge is -2.37. The van der Waals surface area contributed by atoms with Gasteiger partial charge in [0, 0.05) is 51.4 Å². The number of allylic oxidation sites excluding steroid dienone is 1. The summed E-state index contributed by atoms with van der Waals surface area (Å²) in [5.41, 5.74) is 1.12. The fourth-order valence-electron chi connectivity index (χ4n) is 4.96. The van der Waals surface area contributed by atoms with Gasteiger partial charge in [-0.1, -0.05) is 12.2 Å². The third kappa shape index (κ3) is 0.939. The third-order valence-corrected chi connectivity index (χ3v) is 5.57. The van der Waals surface area contributed by atoms with Gasteiger partial charge in [-0.25, -0.2) is 0 Å². The highest BCUT2D eigenvalue weighted by molar-refractivity contribution is 5.14. The van der Waals surface area contributed by atoms with Gasteiger partial charge in [0.05, 0.1) is 0 Å². The highest BCUT2D eigenvalue weighted by Gasteiger charge is 2.69. The van der Waals surface area contributed by atoms with Gasteiger partial charge >= 0.3 is 0 Å². The molecular weight excluding hydrogens is 184 g/mol. The van der Waals surface area contributed by atoms with Crippen molar-refractivity contribution in [2.24, 2.45) is 0 Å². The van der Waals surface area contributed by atoms with Crippen molar-refractivity contribution >= 4 is 0 Å². The molecule has 0 radical (unpaired) electrons. The summed E-state index contributed by atoms with van der Waals surface area (Å²) in [4.78, 5) is 0. The standard InChI is InChI=1S/C14H21O/c1-2-6-13-8-4-12-5-9-14(7-3-1,11-10-13)15(12)13/h1-2,12H,3-11H2/q+1/b2-1-/t12-,13-,14+/m1/s1. The van der Waals surface area contributed by atoms with Crippen LogP contribution in [0.25, 0.3) is 0 Å². The summed E-state index contributed by atoms with van der Waals surface area (Å²) in [5.74, 6) is 0. The summed E-state index contributed by atoms with van der Waals surface area (Å²) in [6.45, 7) is 0. The van der Waals surface area contributed by atoms with E-state index in [2.05, 4.69) is 16.5 Å². The van der Waals surface area contributed by atoms with E-state index < -0.39 is 0 Å². The Bertz CT molecular complexity index is 321. The molecule has 4 rings (SSSR count). The van der Waals surface area contributed by atoms with Crippen LogP contribution in [0.15, 0.2) is 12.2 Å². The second-order valence-electron chi connectivity index (χ2n) is 6.12. The Morgan fingerprint density at radius 1 is 0.867 bits per heavy atom. The molecule has 0 saturated carbocycles. The number of rotatable bonds is 0. The molecule has 82 valence electrons. The SMILES string of the molecule is C1=C\C[C@@]23CC[C@@H]4CC[C@@](CC/1)(CC2)[O+]43. The van der Waals surface area contributed by atoms with Crippen molar-refractivity contribution in [2.45, 2.75) is 75.1 Å². The lowest BCUT2D eigenvalue weighted by atomic mass is 9.90. The van der Waals surface area contributed by atoms with Gasteiger partial charge in [0.25, 0.3) is 0 Å². The lowest BCUT2D eigenvalue weighted by Crippen LogP contribution is -2.42. The van der Waals surface area contributed by atoms with E-state index >= 15 is 0 Å². The van der Waals surface area contributed by atoms with Crippen molar-refractivity contribution in [2.75, 3.05) is 0 Å². The van der Waals surface area contributed by atoms with Gasteiger partial charge in [-0.3, -0.25) is 0 Å². The van der Waals surface area contributed by atoms with Gasteiger partial charge in [0.2, 0.25) is 0 Å². The maximum atomic E-state index is 3.95. The van der Waals surface area contributed by atoms with Crippen LogP contribution in [0, 0.1) is 0 Å². The molecule has 4 heterocycles. The van der Waals surface area contributed by atoms with Crippen molar-refractivity contribution in [1.29, 1.82) is 0 Å². The summed E-state index contributed by atoms with van der Waals surface area (Å²) in [6.07, 6.45) is 18.6. The summed E-state index contributed by atoms with van der Waals surface area (Å²) in [6, 6.07) is 0. The highest BCUT2D eigenvalue weighted by atomic mass is 16.7. The summed E-state index contributed by atoms with van der Waals surface area (Å²) < 4.78 is 3.95. The molecular formula is C14H21O+. The Morgan fingerprint density at radius 3 is 2.60 bits per heavy atom. The maximum absolute atomic E-state index is 3.95. The van der Waals surface area contributed by atoms with Crippen LogP contribution in [0.2, 0.25) is 0 Å². The summed E-state index contributed by atoms with van der Waals surface area (Å²) in [7, 11) is 0. The molecule has 15 heavy (non-hydrogen) atoms. The molecule has 1 heteroatoms. The molecule has 0 unspecified atom stereocenters. The molecule has 0 aromatic rings. The van der Waals surface area contributed by atoms with E-state index in [4.69, 9.17) is 0 Å². The Labute approximate surface area is 92.2 Å². The number of hydrogen-bond acceptors (Lipinski definition) is 0. The monoisotopic (exact) mass is 205 g/mol. The number of hydrogen-bond donors (Lipinski definition) is 0. The quantitative estimate of drug-likeness (QED) is 0.420. The van der Waals surface area contributed by atoms with Crippen molar-refractivity contribution in [3.05, 3.63) is 12.2 Å². The van der Waals surface area contributed by atoms with Crippen molar-refractivity contribution in [3.63, 3.8) is 0 Å². The average molecular weight is 205 g/mol. The minimum Gasteiger partial charge on any atom is -0.410 e. The molecule has 0 aromatic heterocycles. The van der Waals surface area contributed by atoms with Crippen LogP contribution in [0.5, 0.6) is 0 Å². The topological polar surface area (TPSA) is 2.70 Å². The van der Waals surface area contributed by atoms with E-state index in [1.54, 1.807) is 0 Å². The van der Waals surface area contributed by atoms with E-state index in [-0.39, 0.29) is 0 Å². The molecule has 0 aromatic carbocycles. The summed E-state index contributed by atoms with van der Waals surface area (Å²) in [5, 5.41) is 0. The third-order valence-electron chi connectivity index (χ3n) is 5.57. The Balaban J connectivity index is 1.84. The Morgan fingerprint density at radius 2 is 1.67 bits per heavy atom. The zero-order chi connectivity index (χ0) is 9.93. The zero-order valence-corrected chi connectivity index (χ0v) is 9.50. The predicted octanol–water partition coefficient (Wildman–Crippen LogP) is 3.51. The first-order valence-corrected chi connectivity index (χ1v) is 6.73. The van der Waals surface area contributed by atoms with Gasteiger partial charge in [-0.2, -0.15) is 0 Å². The van der Waals surface area contributed by atoms with Crippen molar-refractivity contribution in [3.8, 4) is 0 Å². The van der Waals surface area contributed by atoms with E-state index in [9.17, 15) is 0 Å². The minimum absolute atomic E-state index is 0.540. The first-order chi connectivity index (χ1) is 7.35. The minimum atomic E-state index is 0.540. The summed E-state index contributed by atoms with van der Waals surface area (Å²) >= 11 is 0. The predicted molar refractivity (Wildman–Crippen MR) is 61.0 cm³/mol. The lowest BCUT2D eigenvalue weighted by molar-refractivity contribution is -0.282. The van der Waals surface area contributed by atoms with Gasteiger partial charge in [-0.05, 0) is 6.42 Å². The molecule has 0 aliphatic carbocycles. The van der Waals surface area contributed by atoms with Gasteiger partial charge < -0.3 is 4.37 Å². The Kier molecular flexibility index (Phi) is 1.58. The molecule has 3 saturated heterocycles. The van der Waals surface area contributed by atoms with Crippen LogP contribution in [-0.2, 0) is 4.37 Å². The largest absolute Gasteiger partial charge is 0.410 e. The van der Waals surface area contributed by atoms with Crippen molar-refractivity contribution < 1.29 is 4.37 Å². The average Bonchev–Trinajstić information content (AvgIpc) is 2.81. The normalized spacial score (nSPS) is 55.1. The zero-order valence-electron chi connectivity index (χ0n) is 9.50. The molecule has 0 spiro atoms. The molecule has 1 nitrogen and oxygen atoms in total. The first kappa shape index (κ1) is 8.81. The molecule has 0 amide bonds. The van der Waals surface area contributed by atoms with Crippen LogP contribution in [-0.4, -0.2) is 17.3 Å². The molecule has 3 fully saturated rings. The van der Waals surface area contributed by atoms with E-state index in [0.717, 1.165) is 6.10 Å². The fourth-order valence-corrected chi connectivity index (χ4v) is 4.96. The molecule has 4 aliphatic heterocycles. The smallest absolute Gasteiger partial charge is 0.170 e. The molecule has 2 bridgehead atoms. The molecule has 3 atom stereocenters. The maximum Gasteiger partial charge on any atom is 0.170 e. The van der Waals surface area contributed by atoms with Crippen LogP contribution in [0.4, 0.5) is 0 Å². The van der Waals surface area contributed by atoms with Gasteiger partial charge in [0.15, 0.2) is 17.3 Å². The fraction of sp³-hybridized carbons (Fsp3) is 0.857. The molecule has 0 N–H and O–H groups in total. The highest BCUT2D eigenvalue weighted by Crippen LogP contribution is 2.64. The first-order valence-electron chi connectivity index (χ1n) is 6.73. The molecule has 4 aliphatic rings. The van der Waals surface area contributed by atoms with Gasteiger partial charge in [0.1, 0.15) is 0 Å². The van der Waals surface area contributed by atoms with Crippen LogP contribution in [0.1, 0.15) is 57.8 Å². The Hall–Kier alpha value is -0.300. The van der Waals surface area contributed by atoms with Gasteiger partial charge in [-0.15, -0.1) is 0 Å². The van der Waals surface area contributed by atoms with Crippen LogP contribution >= 0.6 is 0 Å². The van der Waals surface area contributed by atoms with Crippen LogP contribution in [0.3, 0.4) is 0 Å². The van der Waals surface area contributed by atoms with Crippen LogP contribution < -0.4 is 0 Å². The second kappa shape index (κ2) is 2.68. The second-order valence-corrected chi connectivity index (χ2v) is 6.12. The van der Waals surface area contributed by atoms with E-state index in [0.29, 0.717) is 11.2 Å². The van der Waals surface area contributed by atoms with E-state index in [1.807, 2.05) is 0 Å².